The number of carboxylic acid groups (broad SMARTS) is 1. The van der Waals surface area contributed by atoms with Crippen molar-refractivity contribution >= 4 is 12.1 Å². The summed E-state index contributed by atoms with van der Waals surface area (Å²) in [6.07, 6.45) is 4.87. The summed E-state index contributed by atoms with van der Waals surface area (Å²) in [6.45, 7) is 6.78. The second kappa shape index (κ2) is 8.14. The first-order valence-corrected chi connectivity index (χ1v) is 9.62. The predicted molar refractivity (Wildman–Crippen MR) is 107 cm³/mol. The highest BCUT2D eigenvalue weighted by Crippen LogP contribution is 2.34. The maximum absolute atomic E-state index is 12.2. The van der Waals surface area contributed by atoms with Crippen LogP contribution >= 0.6 is 0 Å². The van der Waals surface area contributed by atoms with Crippen molar-refractivity contribution in [3.05, 3.63) is 36.2 Å². The summed E-state index contributed by atoms with van der Waals surface area (Å²) in [4.78, 5) is 25.4. The number of aromatic nitrogens is 2. The molecule has 2 heterocycles. The Morgan fingerprint density at radius 3 is 2.48 bits per heavy atom. The van der Waals surface area contributed by atoms with Gasteiger partial charge in [0.15, 0.2) is 0 Å². The third-order valence-corrected chi connectivity index (χ3v) is 4.85. The van der Waals surface area contributed by atoms with E-state index in [1.165, 1.54) is 13.2 Å². The first kappa shape index (κ1) is 20.7. The van der Waals surface area contributed by atoms with Gasteiger partial charge in [-0.1, -0.05) is 12.1 Å². The molecule has 0 aliphatic carbocycles. The molecular weight excluding hydrogens is 374 g/mol. The minimum absolute atomic E-state index is 0.114. The van der Waals surface area contributed by atoms with Gasteiger partial charge in [-0.25, -0.2) is 9.59 Å². The lowest BCUT2D eigenvalue weighted by molar-refractivity contribution is 0.0184. The van der Waals surface area contributed by atoms with Crippen LogP contribution in [0.5, 0.6) is 5.75 Å². The van der Waals surface area contributed by atoms with Gasteiger partial charge in [0.25, 0.3) is 0 Å². The number of likely N-dealkylation sites (tertiary alicyclic amines) is 1. The van der Waals surface area contributed by atoms with E-state index in [0.29, 0.717) is 24.4 Å². The highest BCUT2D eigenvalue weighted by molar-refractivity contribution is 5.94. The number of carbonyl (C=O) groups is 2. The molecule has 1 aromatic heterocycles. The van der Waals surface area contributed by atoms with E-state index in [0.717, 1.165) is 18.4 Å². The van der Waals surface area contributed by atoms with E-state index >= 15 is 0 Å². The van der Waals surface area contributed by atoms with Gasteiger partial charge >= 0.3 is 12.1 Å². The molecule has 1 amide bonds. The largest absolute Gasteiger partial charge is 0.495 e. The van der Waals surface area contributed by atoms with Gasteiger partial charge in [0.1, 0.15) is 16.9 Å². The molecule has 1 aromatic carbocycles. The van der Waals surface area contributed by atoms with Crippen LogP contribution in [0, 0.1) is 0 Å². The maximum Gasteiger partial charge on any atom is 0.410 e. The monoisotopic (exact) mass is 401 g/mol. The summed E-state index contributed by atoms with van der Waals surface area (Å²) in [5.41, 5.74) is 1.08. The van der Waals surface area contributed by atoms with E-state index < -0.39 is 11.6 Å². The summed E-state index contributed by atoms with van der Waals surface area (Å²) in [5.74, 6) is -0.718. The Hall–Kier alpha value is -3.03. The molecular formula is C21H27N3O5. The predicted octanol–water partition coefficient (Wildman–Crippen LogP) is 3.83. The van der Waals surface area contributed by atoms with Crippen LogP contribution in [-0.2, 0) is 4.74 Å². The molecule has 1 N–H and O–H groups in total. The van der Waals surface area contributed by atoms with Crippen LogP contribution in [-0.4, -0.2) is 57.6 Å². The Morgan fingerprint density at radius 1 is 1.21 bits per heavy atom. The molecule has 1 aliphatic heterocycles. The van der Waals surface area contributed by atoms with Crippen LogP contribution < -0.4 is 4.74 Å². The molecule has 8 nitrogen and oxygen atoms in total. The Labute approximate surface area is 170 Å². The van der Waals surface area contributed by atoms with Crippen LogP contribution in [0.3, 0.4) is 0 Å². The van der Waals surface area contributed by atoms with Gasteiger partial charge in [0, 0.05) is 30.4 Å². The third-order valence-electron chi connectivity index (χ3n) is 4.85. The van der Waals surface area contributed by atoms with Gasteiger partial charge in [-0.05, 0) is 39.7 Å². The van der Waals surface area contributed by atoms with Crippen molar-refractivity contribution in [3.63, 3.8) is 0 Å². The number of nitrogens with zero attached hydrogens (tertiary/aromatic N) is 3. The van der Waals surface area contributed by atoms with E-state index in [4.69, 9.17) is 9.47 Å². The van der Waals surface area contributed by atoms with Gasteiger partial charge in [-0.15, -0.1) is 0 Å². The third kappa shape index (κ3) is 4.70. The van der Waals surface area contributed by atoms with Crippen molar-refractivity contribution < 1.29 is 24.2 Å². The molecule has 156 valence electrons. The number of hydrogen-bond donors (Lipinski definition) is 1. The Kier molecular flexibility index (Phi) is 5.81. The summed E-state index contributed by atoms with van der Waals surface area (Å²) in [5, 5.41) is 13.8. The molecule has 0 atom stereocenters. The Bertz CT molecular complexity index is 892. The topological polar surface area (TPSA) is 93.9 Å². The smallest absolute Gasteiger partial charge is 0.410 e. The fourth-order valence-electron chi connectivity index (χ4n) is 3.47. The number of aromatic carboxylic acids is 1. The standard InChI is InChI=1S/C21H27N3O5/c1-21(2,3)29-20(27)23-10-8-15(9-11-23)24-13-14(12-22-24)16-6-5-7-17(19(25)26)18(16)28-4/h5-7,12-13,15H,8-11H2,1-4H3,(H,25,26). The van der Waals surface area contributed by atoms with Crippen LogP contribution in [0.25, 0.3) is 11.1 Å². The lowest BCUT2D eigenvalue weighted by Gasteiger charge is -2.33. The molecule has 3 rings (SSSR count). The van der Waals surface area contributed by atoms with Gasteiger partial charge in [-0.2, -0.15) is 5.10 Å². The number of para-hydroxylation sites is 1. The highest BCUT2D eigenvalue weighted by atomic mass is 16.6. The minimum atomic E-state index is -1.04. The number of piperidine rings is 1. The summed E-state index contributed by atoms with van der Waals surface area (Å²) < 4.78 is 12.7. The average Bonchev–Trinajstić information content (AvgIpc) is 3.16. The van der Waals surface area contributed by atoms with Crippen LogP contribution in [0.2, 0.25) is 0 Å². The van der Waals surface area contributed by atoms with Crippen molar-refractivity contribution in [2.75, 3.05) is 20.2 Å². The van der Waals surface area contributed by atoms with E-state index in [2.05, 4.69) is 5.10 Å². The molecule has 0 radical (unpaired) electrons. The second-order valence-corrected chi connectivity index (χ2v) is 8.10. The van der Waals surface area contributed by atoms with Crippen molar-refractivity contribution in [1.29, 1.82) is 0 Å². The zero-order chi connectivity index (χ0) is 21.2. The lowest BCUT2D eigenvalue weighted by atomic mass is 10.0. The van der Waals surface area contributed by atoms with Gasteiger partial charge < -0.3 is 19.5 Å². The van der Waals surface area contributed by atoms with E-state index in [1.54, 1.807) is 17.2 Å². The second-order valence-electron chi connectivity index (χ2n) is 8.10. The molecule has 0 spiro atoms. The van der Waals surface area contributed by atoms with Gasteiger partial charge in [-0.3, -0.25) is 4.68 Å². The van der Waals surface area contributed by atoms with Crippen molar-refractivity contribution in [1.82, 2.24) is 14.7 Å². The summed E-state index contributed by atoms with van der Waals surface area (Å²) in [7, 11) is 1.46. The quantitative estimate of drug-likeness (QED) is 0.837. The summed E-state index contributed by atoms with van der Waals surface area (Å²) >= 11 is 0. The molecule has 8 heteroatoms. The molecule has 1 saturated heterocycles. The van der Waals surface area contributed by atoms with Crippen LogP contribution in [0.4, 0.5) is 4.79 Å². The molecule has 0 bridgehead atoms. The van der Waals surface area contributed by atoms with Gasteiger partial charge in [0.2, 0.25) is 0 Å². The first-order valence-electron chi connectivity index (χ1n) is 9.62. The number of benzene rings is 1. The number of methoxy groups -OCH3 is 1. The number of rotatable bonds is 4. The maximum atomic E-state index is 12.2. The van der Waals surface area contributed by atoms with Gasteiger partial charge in [0.05, 0.1) is 19.3 Å². The fraction of sp³-hybridized carbons (Fsp3) is 0.476. The molecule has 1 fully saturated rings. The van der Waals surface area contributed by atoms with Crippen molar-refractivity contribution in [2.45, 2.75) is 45.3 Å². The Morgan fingerprint density at radius 2 is 1.90 bits per heavy atom. The average molecular weight is 401 g/mol. The molecule has 0 unspecified atom stereocenters. The number of amides is 1. The number of hydrogen-bond acceptors (Lipinski definition) is 5. The van der Waals surface area contributed by atoms with Crippen molar-refractivity contribution in [3.8, 4) is 16.9 Å². The fourth-order valence-corrected chi connectivity index (χ4v) is 3.47. The van der Waals surface area contributed by atoms with Crippen LogP contribution in [0.15, 0.2) is 30.6 Å². The molecule has 1 aliphatic rings. The zero-order valence-corrected chi connectivity index (χ0v) is 17.2. The van der Waals surface area contributed by atoms with Crippen molar-refractivity contribution in [2.24, 2.45) is 0 Å². The molecule has 0 saturated carbocycles. The highest BCUT2D eigenvalue weighted by Gasteiger charge is 2.28. The lowest BCUT2D eigenvalue weighted by Crippen LogP contribution is -2.42. The summed E-state index contributed by atoms with van der Waals surface area (Å²) in [6, 6.07) is 5.19. The van der Waals surface area contributed by atoms with Crippen LogP contribution in [0.1, 0.15) is 50.0 Å². The number of carboxylic acids is 1. The van der Waals surface area contributed by atoms with E-state index in [-0.39, 0.29) is 17.7 Å². The zero-order valence-electron chi connectivity index (χ0n) is 17.2. The minimum Gasteiger partial charge on any atom is -0.495 e. The number of carbonyl (C=O) groups excluding carboxylic acids is 1. The molecule has 2 aromatic rings. The van der Waals surface area contributed by atoms with E-state index in [1.807, 2.05) is 37.7 Å². The first-order chi connectivity index (χ1) is 13.7. The number of ether oxygens (including phenoxy) is 2. The Balaban J connectivity index is 1.72. The van der Waals surface area contributed by atoms with E-state index in [9.17, 15) is 14.7 Å². The SMILES string of the molecule is COc1c(C(=O)O)cccc1-c1cnn(C2CCN(C(=O)OC(C)(C)C)CC2)c1. The molecule has 29 heavy (non-hydrogen) atoms. The normalized spacial score (nSPS) is 15.2.